The smallest absolute Gasteiger partial charge is 0.326 e. The van der Waals surface area contributed by atoms with E-state index in [-0.39, 0.29) is 32.2 Å². The standard InChI is InChI=1S/C17H31N5O6S2/c1-29-7-5-11(16(26)22-12(17(27)28)6-8-30-2)21-15(25)10(3-4-13(19)23)20-14(24)9-18/h10-12H,3-9,18H2,1-2H3,(H2,19,23)(H,20,24)(H,21,25)(H,22,26)(H,27,28). The fraction of sp³-hybridized carbons (Fsp3) is 0.706. The number of rotatable bonds is 16. The maximum Gasteiger partial charge on any atom is 0.326 e. The third-order valence-electron chi connectivity index (χ3n) is 3.99. The second kappa shape index (κ2) is 15.8. The molecule has 0 saturated carbocycles. The minimum atomic E-state index is -1.16. The highest BCUT2D eigenvalue weighted by Gasteiger charge is 2.29. The molecule has 13 heteroatoms. The number of carboxylic acid groups (broad SMARTS) is 1. The van der Waals surface area contributed by atoms with Gasteiger partial charge in [-0.25, -0.2) is 4.79 Å². The van der Waals surface area contributed by atoms with E-state index in [0.29, 0.717) is 11.5 Å². The van der Waals surface area contributed by atoms with Crippen LogP contribution in [-0.2, 0) is 24.0 Å². The number of carbonyl (C=O) groups excluding carboxylic acids is 4. The van der Waals surface area contributed by atoms with Gasteiger partial charge in [0.2, 0.25) is 23.6 Å². The SMILES string of the molecule is CSCCC(NC(=O)C(CCSC)NC(=O)C(CCC(N)=O)NC(=O)CN)C(=O)O. The van der Waals surface area contributed by atoms with Gasteiger partial charge in [-0.3, -0.25) is 19.2 Å². The number of aliphatic carboxylic acids is 1. The first-order valence-electron chi connectivity index (χ1n) is 9.25. The van der Waals surface area contributed by atoms with Crippen molar-refractivity contribution in [2.45, 2.75) is 43.8 Å². The van der Waals surface area contributed by atoms with Crippen molar-refractivity contribution in [2.24, 2.45) is 11.5 Å². The normalized spacial score (nSPS) is 13.6. The van der Waals surface area contributed by atoms with Crippen LogP contribution in [0, 0.1) is 0 Å². The topological polar surface area (TPSA) is 194 Å². The van der Waals surface area contributed by atoms with Gasteiger partial charge in [0.25, 0.3) is 0 Å². The van der Waals surface area contributed by atoms with E-state index in [2.05, 4.69) is 16.0 Å². The Morgan fingerprint density at radius 3 is 1.73 bits per heavy atom. The summed E-state index contributed by atoms with van der Waals surface area (Å²) in [5, 5.41) is 16.7. The minimum absolute atomic E-state index is 0.0603. The lowest BCUT2D eigenvalue weighted by molar-refractivity contribution is -0.142. The molecule has 0 radical (unpaired) electrons. The second-order valence-corrected chi connectivity index (χ2v) is 8.32. The van der Waals surface area contributed by atoms with E-state index in [1.807, 2.05) is 12.5 Å². The van der Waals surface area contributed by atoms with E-state index in [1.165, 1.54) is 23.5 Å². The molecule has 0 spiro atoms. The maximum atomic E-state index is 12.7. The van der Waals surface area contributed by atoms with Crippen molar-refractivity contribution in [3.63, 3.8) is 0 Å². The van der Waals surface area contributed by atoms with Crippen molar-refractivity contribution in [3.05, 3.63) is 0 Å². The Bertz CT molecular complexity index is 607. The van der Waals surface area contributed by atoms with Crippen molar-refractivity contribution >= 4 is 53.1 Å². The fourth-order valence-electron chi connectivity index (χ4n) is 2.35. The highest BCUT2D eigenvalue weighted by Crippen LogP contribution is 2.06. The third-order valence-corrected chi connectivity index (χ3v) is 5.27. The van der Waals surface area contributed by atoms with Crippen LogP contribution in [0.15, 0.2) is 0 Å². The number of carboxylic acids is 1. The molecule has 0 aromatic rings. The summed E-state index contributed by atoms with van der Waals surface area (Å²) in [6.07, 6.45) is 3.92. The number of carbonyl (C=O) groups is 5. The highest BCUT2D eigenvalue weighted by molar-refractivity contribution is 7.98. The van der Waals surface area contributed by atoms with Crippen molar-refractivity contribution in [2.75, 3.05) is 30.6 Å². The van der Waals surface area contributed by atoms with Gasteiger partial charge in [-0.15, -0.1) is 0 Å². The number of nitrogens with two attached hydrogens (primary N) is 2. The molecule has 0 bridgehead atoms. The molecule has 0 fully saturated rings. The fourth-order valence-corrected chi connectivity index (χ4v) is 3.29. The molecule has 30 heavy (non-hydrogen) atoms. The minimum Gasteiger partial charge on any atom is -0.480 e. The summed E-state index contributed by atoms with van der Waals surface area (Å²) >= 11 is 2.90. The molecule has 172 valence electrons. The Hall–Kier alpha value is -1.99. The van der Waals surface area contributed by atoms with Crippen molar-refractivity contribution in [1.29, 1.82) is 0 Å². The van der Waals surface area contributed by atoms with E-state index < -0.39 is 47.7 Å². The Balaban J connectivity index is 5.28. The summed E-state index contributed by atoms with van der Waals surface area (Å²) in [5.41, 5.74) is 10.4. The highest BCUT2D eigenvalue weighted by atomic mass is 32.2. The van der Waals surface area contributed by atoms with Gasteiger partial charge in [0.05, 0.1) is 6.54 Å². The van der Waals surface area contributed by atoms with Crippen LogP contribution in [0.25, 0.3) is 0 Å². The second-order valence-electron chi connectivity index (χ2n) is 6.35. The summed E-state index contributed by atoms with van der Waals surface area (Å²) in [6, 6.07) is -3.20. The van der Waals surface area contributed by atoms with Gasteiger partial charge >= 0.3 is 5.97 Å². The number of thioether (sulfide) groups is 2. The van der Waals surface area contributed by atoms with E-state index in [9.17, 15) is 29.1 Å². The number of amides is 4. The molecule has 0 aromatic heterocycles. The molecule has 3 unspecified atom stereocenters. The Kier molecular flexibility index (Phi) is 14.7. The van der Waals surface area contributed by atoms with Gasteiger partial charge in [-0.05, 0) is 43.3 Å². The van der Waals surface area contributed by atoms with Gasteiger partial charge in [0.1, 0.15) is 18.1 Å². The first kappa shape index (κ1) is 28.0. The van der Waals surface area contributed by atoms with Crippen LogP contribution in [-0.4, -0.2) is 83.4 Å². The van der Waals surface area contributed by atoms with Gasteiger partial charge < -0.3 is 32.5 Å². The van der Waals surface area contributed by atoms with Crippen LogP contribution in [0.2, 0.25) is 0 Å². The molecular weight excluding hydrogens is 434 g/mol. The van der Waals surface area contributed by atoms with Crippen LogP contribution in [0.1, 0.15) is 25.7 Å². The number of primary amides is 1. The largest absolute Gasteiger partial charge is 0.480 e. The lowest BCUT2D eigenvalue weighted by Gasteiger charge is -2.24. The summed E-state index contributed by atoms with van der Waals surface area (Å²) in [4.78, 5) is 59.3. The zero-order chi connectivity index (χ0) is 23.1. The van der Waals surface area contributed by atoms with Crippen LogP contribution in [0.3, 0.4) is 0 Å². The number of hydrogen-bond donors (Lipinski definition) is 6. The maximum absolute atomic E-state index is 12.7. The number of nitrogens with one attached hydrogen (secondary N) is 3. The van der Waals surface area contributed by atoms with Crippen LogP contribution >= 0.6 is 23.5 Å². The van der Waals surface area contributed by atoms with Gasteiger partial charge in [-0.1, -0.05) is 0 Å². The summed E-state index contributed by atoms with van der Waals surface area (Å²) < 4.78 is 0. The van der Waals surface area contributed by atoms with Crippen LogP contribution in [0.4, 0.5) is 0 Å². The molecular formula is C17H31N5O6S2. The first-order valence-corrected chi connectivity index (χ1v) is 12.0. The average molecular weight is 466 g/mol. The van der Waals surface area contributed by atoms with Gasteiger partial charge in [-0.2, -0.15) is 23.5 Å². The average Bonchev–Trinajstić information content (AvgIpc) is 2.70. The van der Waals surface area contributed by atoms with Crippen molar-refractivity contribution in [3.8, 4) is 0 Å². The Morgan fingerprint density at radius 2 is 1.30 bits per heavy atom. The molecule has 0 aliphatic rings. The van der Waals surface area contributed by atoms with Crippen LogP contribution in [0.5, 0.6) is 0 Å². The molecule has 4 amide bonds. The first-order chi connectivity index (χ1) is 14.2. The molecule has 0 aliphatic carbocycles. The summed E-state index contributed by atoms with van der Waals surface area (Å²) in [7, 11) is 0. The third kappa shape index (κ3) is 11.9. The molecule has 3 atom stereocenters. The predicted octanol–water partition coefficient (Wildman–Crippen LogP) is -1.74. The quantitative estimate of drug-likeness (QED) is 0.153. The number of hydrogen-bond acceptors (Lipinski definition) is 8. The molecule has 11 nitrogen and oxygen atoms in total. The van der Waals surface area contributed by atoms with Gasteiger partial charge in [0.15, 0.2) is 0 Å². The molecule has 0 rings (SSSR count). The van der Waals surface area contributed by atoms with E-state index in [0.717, 1.165) is 0 Å². The van der Waals surface area contributed by atoms with Crippen molar-refractivity contribution in [1.82, 2.24) is 16.0 Å². The molecule has 0 aromatic carbocycles. The Labute approximate surface area is 184 Å². The summed E-state index contributed by atoms with van der Waals surface area (Å²) in [6.45, 7) is -0.355. The Morgan fingerprint density at radius 1 is 0.833 bits per heavy atom. The van der Waals surface area contributed by atoms with Gasteiger partial charge in [0, 0.05) is 6.42 Å². The van der Waals surface area contributed by atoms with E-state index in [1.54, 1.807) is 0 Å². The lowest BCUT2D eigenvalue weighted by Crippen LogP contribution is -2.56. The van der Waals surface area contributed by atoms with E-state index >= 15 is 0 Å². The lowest BCUT2D eigenvalue weighted by atomic mass is 10.1. The molecule has 8 N–H and O–H groups in total. The molecule has 0 aliphatic heterocycles. The molecule has 0 saturated heterocycles. The van der Waals surface area contributed by atoms with Crippen molar-refractivity contribution < 1.29 is 29.1 Å². The zero-order valence-corrected chi connectivity index (χ0v) is 18.8. The zero-order valence-electron chi connectivity index (χ0n) is 17.1. The summed E-state index contributed by atoms with van der Waals surface area (Å²) in [5.74, 6) is -2.67. The molecule has 0 heterocycles. The predicted molar refractivity (Wildman–Crippen MR) is 117 cm³/mol. The monoisotopic (exact) mass is 465 g/mol. The van der Waals surface area contributed by atoms with Crippen LogP contribution < -0.4 is 27.4 Å². The van der Waals surface area contributed by atoms with E-state index in [4.69, 9.17) is 11.5 Å².